The summed E-state index contributed by atoms with van der Waals surface area (Å²) in [5.74, 6) is 2.23. The van der Waals surface area contributed by atoms with Gasteiger partial charge in [-0.1, -0.05) is 25.9 Å². The zero-order valence-electron chi connectivity index (χ0n) is 19.0. The SMILES string of the molecule is CCc1cc(-c2noc(-c3cc(CC(C)C)cc(C)n3)n2)cc(C)c1OCC(O)CN. The summed E-state index contributed by atoms with van der Waals surface area (Å²) in [5, 5.41) is 13.9. The minimum atomic E-state index is -0.689. The van der Waals surface area contributed by atoms with Gasteiger partial charge in [-0.25, -0.2) is 4.98 Å². The van der Waals surface area contributed by atoms with Gasteiger partial charge in [-0.15, -0.1) is 0 Å². The Balaban J connectivity index is 1.90. The van der Waals surface area contributed by atoms with E-state index in [0.29, 0.717) is 23.3 Å². The van der Waals surface area contributed by atoms with Crippen LogP contribution in [0, 0.1) is 19.8 Å². The van der Waals surface area contributed by atoms with E-state index in [9.17, 15) is 5.11 Å². The van der Waals surface area contributed by atoms with Gasteiger partial charge in [0.15, 0.2) is 0 Å². The molecule has 7 heteroatoms. The van der Waals surface area contributed by atoms with Gasteiger partial charge in [0.05, 0.1) is 0 Å². The molecule has 2 heterocycles. The molecule has 31 heavy (non-hydrogen) atoms. The molecule has 0 aliphatic carbocycles. The highest BCUT2D eigenvalue weighted by Crippen LogP contribution is 2.31. The van der Waals surface area contributed by atoms with Gasteiger partial charge in [-0.3, -0.25) is 0 Å². The summed E-state index contributed by atoms with van der Waals surface area (Å²) in [6.45, 7) is 10.7. The third kappa shape index (κ3) is 5.68. The van der Waals surface area contributed by atoms with E-state index in [2.05, 4.69) is 42.0 Å². The summed E-state index contributed by atoms with van der Waals surface area (Å²) in [5.41, 5.74) is 11.1. The average Bonchev–Trinajstić information content (AvgIpc) is 3.21. The number of aliphatic hydroxyl groups excluding tert-OH is 1. The van der Waals surface area contributed by atoms with Crippen molar-refractivity contribution in [3.05, 3.63) is 46.6 Å². The molecule has 0 aliphatic rings. The fraction of sp³-hybridized carbons (Fsp3) is 0.458. The predicted molar refractivity (Wildman–Crippen MR) is 121 cm³/mol. The second kappa shape index (κ2) is 10.0. The quantitative estimate of drug-likeness (QED) is 0.537. The third-order valence-electron chi connectivity index (χ3n) is 4.99. The van der Waals surface area contributed by atoms with Crippen molar-refractivity contribution >= 4 is 0 Å². The Hall–Kier alpha value is -2.77. The molecule has 3 rings (SSSR count). The van der Waals surface area contributed by atoms with Crippen LogP contribution in [0.5, 0.6) is 5.75 Å². The highest BCUT2D eigenvalue weighted by atomic mass is 16.5. The van der Waals surface area contributed by atoms with Gasteiger partial charge in [0.2, 0.25) is 5.82 Å². The number of ether oxygens (including phenoxy) is 1. The van der Waals surface area contributed by atoms with Gasteiger partial charge in [-0.05, 0) is 73.6 Å². The normalized spacial score (nSPS) is 12.4. The van der Waals surface area contributed by atoms with E-state index >= 15 is 0 Å². The average molecular weight is 425 g/mol. The Bertz CT molecular complexity index is 1030. The first-order chi connectivity index (χ1) is 14.8. The standard InChI is InChI=1S/C24H32N4O3/c1-6-18-11-19(8-15(4)22(18)30-13-20(29)12-25)23-27-24(31-28-23)21-10-17(7-14(2)3)9-16(5)26-21/h8-11,14,20,29H,6-7,12-13,25H2,1-5H3. The first-order valence-corrected chi connectivity index (χ1v) is 10.8. The van der Waals surface area contributed by atoms with Gasteiger partial charge in [0.25, 0.3) is 5.89 Å². The van der Waals surface area contributed by atoms with Crippen LogP contribution in [0.25, 0.3) is 23.0 Å². The largest absolute Gasteiger partial charge is 0.490 e. The molecule has 0 saturated heterocycles. The lowest BCUT2D eigenvalue weighted by Crippen LogP contribution is -2.27. The minimum Gasteiger partial charge on any atom is -0.490 e. The molecular weight excluding hydrogens is 392 g/mol. The molecule has 0 spiro atoms. The maximum Gasteiger partial charge on any atom is 0.276 e. The smallest absolute Gasteiger partial charge is 0.276 e. The number of hydrogen-bond donors (Lipinski definition) is 2. The maximum absolute atomic E-state index is 9.72. The van der Waals surface area contributed by atoms with E-state index in [-0.39, 0.29) is 13.2 Å². The number of nitrogens with zero attached hydrogens (tertiary/aromatic N) is 3. The zero-order chi connectivity index (χ0) is 22.5. The lowest BCUT2D eigenvalue weighted by molar-refractivity contribution is 0.113. The Morgan fingerprint density at radius 3 is 2.58 bits per heavy atom. The molecule has 3 N–H and O–H groups in total. The van der Waals surface area contributed by atoms with E-state index in [0.717, 1.165) is 41.0 Å². The Labute approximate surface area is 183 Å². The second-order valence-electron chi connectivity index (χ2n) is 8.36. The molecule has 2 aromatic heterocycles. The van der Waals surface area contributed by atoms with Gasteiger partial charge >= 0.3 is 0 Å². The molecule has 0 bridgehead atoms. The van der Waals surface area contributed by atoms with Crippen LogP contribution in [0.4, 0.5) is 0 Å². The summed E-state index contributed by atoms with van der Waals surface area (Å²) in [4.78, 5) is 9.19. The number of nitrogens with two attached hydrogens (primary N) is 1. The van der Waals surface area contributed by atoms with Crippen molar-refractivity contribution < 1.29 is 14.4 Å². The van der Waals surface area contributed by atoms with Gasteiger partial charge < -0.3 is 20.1 Å². The van der Waals surface area contributed by atoms with Crippen molar-refractivity contribution in [3.63, 3.8) is 0 Å². The van der Waals surface area contributed by atoms with E-state index in [1.54, 1.807) is 0 Å². The third-order valence-corrected chi connectivity index (χ3v) is 4.99. The molecule has 0 amide bonds. The Morgan fingerprint density at radius 1 is 1.13 bits per heavy atom. The number of benzene rings is 1. The van der Waals surface area contributed by atoms with Crippen LogP contribution in [0.1, 0.15) is 43.2 Å². The van der Waals surface area contributed by atoms with E-state index in [4.69, 9.17) is 15.0 Å². The Kier molecular flexibility index (Phi) is 7.41. The molecule has 1 unspecified atom stereocenters. The fourth-order valence-electron chi connectivity index (χ4n) is 3.58. The zero-order valence-corrected chi connectivity index (χ0v) is 19.0. The van der Waals surface area contributed by atoms with Crippen molar-refractivity contribution in [2.24, 2.45) is 11.7 Å². The van der Waals surface area contributed by atoms with Gasteiger partial charge in [0.1, 0.15) is 24.2 Å². The molecule has 0 saturated carbocycles. The summed E-state index contributed by atoms with van der Waals surface area (Å²) >= 11 is 0. The van der Waals surface area contributed by atoms with Crippen LogP contribution in [0.3, 0.4) is 0 Å². The monoisotopic (exact) mass is 424 g/mol. The highest BCUT2D eigenvalue weighted by Gasteiger charge is 2.17. The molecule has 1 aromatic carbocycles. The van der Waals surface area contributed by atoms with Crippen LogP contribution >= 0.6 is 0 Å². The number of hydrogen-bond acceptors (Lipinski definition) is 7. The maximum atomic E-state index is 9.72. The number of aliphatic hydroxyl groups is 1. The number of aromatic nitrogens is 3. The first kappa shape index (κ1) is 22.9. The fourth-order valence-corrected chi connectivity index (χ4v) is 3.58. The van der Waals surface area contributed by atoms with Crippen molar-refractivity contribution in [3.8, 4) is 28.7 Å². The van der Waals surface area contributed by atoms with Crippen LogP contribution in [-0.2, 0) is 12.8 Å². The lowest BCUT2D eigenvalue weighted by Gasteiger charge is -2.16. The second-order valence-corrected chi connectivity index (χ2v) is 8.36. The van der Waals surface area contributed by atoms with Crippen molar-refractivity contribution in [1.82, 2.24) is 15.1 Å². The summed E-state index contributed by atoms with van der Waals surface area (Å²) < 4.78 is 11.4. The van der Waals surface area contributed by atoms with E-state index in [1.807, 2.05) is 32.0 Å². The molecular formula is C24H32N4O3. The van der Waals surface area contributed by atoms with E-state index < -0.39 is 6.10 Å². The van der Waals surface area contributed by atoms with Crippen molar-refractivity contribution in [2.75, 3.05) is 13.2 Å². The van der Waals surface area contributed by atoms with Crippen LogP contribution in [0.15, 0.2) is 28.8 Å². The predicted octanol–water partition coefficient (Wildman–Crippen LogP) is 3.87. The molecule has 0 radical (unpaired) electrons. The van der Waals surface area contributed by atoms with E-state index in [1.165, 1.54) is 5.56 Å². The minimum absolute atomic E-state index is 0.160. The van der Waals surface area contributed by atoms with Crippen LogP contribution in [-0.4, -0.2) is 39.5 Å². The summed E-state index contributed by atoms with van der Waals surface area (Å²) in [7, 11) is 0. The van der Waals surface area contributed by atoms with Crippen LogP contribution in [0.2, 0.25) is 0 Å². The first-order valence-electron chi connectivity index (χ1n) is 10.8. The molecule has 0 aliphatic heterocycles. The molecule has 0 fully saturated rings. The molecule has 3 aromatic rings. The molecule has 7 nitrogen and oxygen atoms in total. The van der Waals surface area contributed by atoms with Gasteiger partial charge in [0, 0.05) is 17.8 Å². The molecule has 1 atom stereocenters. The van der Waals surface area contributed by atoms with Crippen molar-refractivity contribution in [1.29, 1.82) is 0 Å². The summed E-state index contributed by atoms with van der Waals surface area (Å²) in [6, 6.07) is 8.08. The van der Waals surface area contributed by atoms with Crippen molar-refractivity contribution in [2.45, 2.75) is 53.6 Å². The topological polar surface area (TPSA) is 107 Å². The number of aryl methyl sites for hydroxylation is 3. The Morgan fingerprint density at radius 2 is 1.90 bits per heavy atom. The van der Waals surface area contributed by atoms with Gasteiger partial charge in [-0.2, -0.15) is 4.98 Å². The number of pyridine rings is 1. The lowest BCUT2D eigenvalue weighted by atomic mass is 10.0. The highest BCUT2D eigenvalue weighted by molar-refractivity contribution is 5.63. The number of rotatable bonds is 9. The molecule has 166 valence electrons. The van der Waals surface area contributed by atoms with Crippen LogP contribution < -0.4 is 10.5 Å². The summed E-state index contributed by atoms with van der Waals surface area (Å²) in [6.07, 6.45) is 1.05.